The first-order valence-electron chi connectivity index (χ1n) is 8.43. The second-order valence-corrected chi connectivity index (χ2v) is 6.87. The molecule has 0 aromatic heterocycles. The van der Waals surface area contributed by atoms with E-state index in [0.29, 0.717) is 5.92 Å². The highest BCUT2D eigenvalue weighted by molar-refractivity contribution is 5.74. The fourth-order valence-corrected chi connectivity index (χ4v) is 3.49. The molecule has 0 aliphatic heterocycles. The topological polar surface area (TPSA) is 61.4 Å². The average Bonchev–Trinajstić information content (AvgIpc) is 3.36. The summed E-state index contributed by atoms with van der Waals surface area (Å²) in [7, 11) is 0. The predicted octanol–water partition coefficient (Wildman–Crippen LogP) is 2.57. The van der Waals surface area contributed by atoms with Gasteiger partial charge in [0, 0.05) is 24.6 Å². The van der Waals surface area contributed by atoms with Crippen LogP contribution in [0.5, 0.6) is 0 Å². The van der Waals surface area contributed by atoms with Crippen LogP contribution in [0.3, 0.4) is 0 Å². The average molecular weight is 302 g/mol. The van der Waals surface area contributed by atoms with E-state index >= 15 is 0 Å². The Hall–Kier alpha value is -1.55. The highest BCUT2D eigenvalue weighted by atomic mass is 16.3. The molecule has 3 rings (SSSR count). The van der Waals surface area contributed by atoms with E-state index in [-0.39, 0.29) is 24.1 Å². The van der Waals surface area contributed by atoms with Gasteiger partial charge < -0.3 is 15.7 Å². The minimum absolute atomic E-state index is 0.0466. The third-order valence-corrected chi connectivity index (χ3v) is 5.27. The SMILES string of the molecule is O=C(NCC1(c2ccccc2)CC1)NC1CCC(CO)CC1. The third kappa shape index (κ3) is 3.61. The van der Waals surface area contributed by atoms with Crippen LogP contribution < -0.4 is 10.6 Å². The second kappa shape index (κ2) is 6.69. The van der Waals surface area contributed by atoms with Crippen LogP contribution in [-0.2, 0) is 5.41 Å². The Morgan fingerprint density at radius 3 is 2.41 bits per heavy atom. The third-order valence-electron chi connectivity index (χ3n) is 5.27. The molecule has 120 valence electrons. The van der Waals surface area contributed by atoms with Gasteiger partial charge in [-0.2, -0.15) is 0 Å². The van der Waals surface area contributed by atoms with Crippen LogP contribution in [-0.4, -0.2) is 30.3 Å². The first kappa shape index (κ1) is 15.3. The Morgan fingerprint density at radius 2 is 1.82 bits per heavy atom. The number of rotatable bonds is 5. The van der Waals surface area contributed by atoms with Crippen molar-refractivity contribution < 1.29 is 9.90 Å². The number of urea groups is 1. The molecular formula is C18H26N2O2. The van der Waals surface area contributed by atoms with Crippen molar-refractivity contribution in [1.82, 2.24) is 10.6 Å². The van der Waals surface area contributed by atoms with Gasteiger partial charge in [-0.15, -0.1) is 0 Å². The standard InChI is InChI=1S/C18H26N2O2/c21-12-14-6-8-16(9-7-14)20-17(22)19-13-18(10-11-18)15-4-2-1-3-5-15/h1-5,14,16,21H,6-13H2,(H2,19,20,22). The van der Waals surface area contributed by atoms with Crippen LogP contribution in [0.2, 0.25) is 0 Å². The molecule has 2 saturated carbocycles. The molecule has 1 aromatic carbocycles. The van der Waals surface area contributed by atoms with Gasteiger partial charge in [0.25, 0.3) is 0 Å². The first-order chi connectivity index (χ1) is 10.7. The Morgan fingerprint density at radius 1 is 1.14 bits per heavy atom. The van der Waals surface area contributed by atoms with Crippen LogP contribution in [0.1, 0.15) is 44.1 Å². The molecule has 0 unspecified atom stereocenters. The van der Waals surface area contributed by atoms with Crippen molar-refractivity contribution in [3.05, 3.63) is 35.9 Å². The van der Waals surface area contributed by atoms with Gasteiger partial charge in [0.2, 0.25) is 0 Å². The second-order valence-electron chi connectivity index (χ2n) is 6.87. The molecule has 2 amide bonds. The maximum absolute atomic E-state index is 12.1. The van der Waals surface area contributed by atoms with Crippen molar-refractivity contribution in [2.75, 3.05) is 13.2 Å². The number of hydrogen-bond acceptors (Lipinski definition) is 2. The van der Waals surface area contributed by atoms with Gasteiger partial charge in [-0.3, -0.25) is 0 Å². The van der Waals surface area contributed by atoms with Crippen LogP contribution in [0, 0.1) is 5.92 Å². The molecule has 0 spiro atoms. The molecule has 4 nitrogen and oxygen atoms in total. The number of carbonyl (C=O) groups excluding carboxylic acids is 1. The van der Waals surface area contributed by atoms with Gasteiger partial charge >= 0.3 is 6.03 Å². The largest absolute Gasteiger partial charge is 0.396 e. The number of aliphatic hydroxyl groups excluding tert-OH is 1. The molecule has 1 aromatic rings. The number of amides is 2. The summed E-state index contributed by atoms with van der Waals surface area (Å²) in [5, 5.41) is 15.3. The zero-order valence-electron chi connectivity index (χ0n) is 13.1. The lowest BCUT2D eigenvalue weighted by Crippen LogP contribution is -2.45. The highest BCUT2D eigenvalue weighted by Crippen LogP contribution is 2.47. The normalized spacial score (nSPS) is 26.2. The Bertz CT molecular complexity index is 491. The summed E-state index contributed by atoms with van der Waals surface area (Å²) >= 11 is 0. The van der Waals surface area contributed by atoms with Crippen LogP contribution in [0.15, 0.2) is 30.3 Å². The van der Waals surface area contributed by atoms with Crippen LogP contribution in [0.4, 0.5) is 4.79 Å². The molecule has 22 heavy (non-hydrogen) atoms. The maximum Gasteiger partial charge on any atom is 0.315 e. The summed E-state index contributed by atoms with van der Waals surface area (Å²) in [5.74, 6) is 0.425. The van der Waals surface area contributed by atoms with Crippen molar-refractivity contribution in [2.24, 2.45) is 5.92 Å². The number of hydrogen-bond donors (Lipinski definition) is 3. The minimum Gasteiger partial charge on any atom is -0.396 e. The minimum atomic E-state index is -0.0466. The van der Waals surface area contributed by atoms with Crippen LogP contribution >= 0.6 is 0 Å². The molecule has 4 heteroatoms. The van der Waals surface area contributed by atoms with E-state index < -0.39 is 0 Å². The number of carbonyl (C=O) groups is 1. The summed E-state index contributed by atoms with van der Waals surface area (Å²) in [6, 6.07) is 10.7. The van der Waals surface area contributed by atoms with Gasteiger partial charge in [-0.1, -0.05) is 30.3 Å². The van der Waals surface area contributed by atoms with Gasteiger partial charge in [0.1, 0.15) is 0 Å². The van der Waals surface area contributed by atoms with E-state index in [1.807, 2.05) is 6.07 Å². The summed E-state index contributed by atoms with van der Waals surface area (Å²) in [6.07, 6.45) is 6.27. The Labute approximate surface area is 132 Å². The molecule has 0 atom stereocenters. The van der Waals surface area contributed by atoms with Crippen molar-refractivity contribution in [3.8, 4) is 0 Å². The smallest absolute Gasteiger partial charge is 0.315 e. The lowest BCUT2D eigenvalue weighted by Gasteiger charge is -2.28. The first-order valence-corrected chi connectivity index (χ1v) is 8.43. The fraction of sp³-hybridized carbons (Fsp3) is 0.611. The van der Waals surface area contributed by atoms with E-state index in [9.17, 15) is 4.79 Å². The van der Waals surface area contributed by atoms with Gasteiger partial charge in [0.05, 0.1) is 0 Å². The van der Waals surface area contributed by atoms with Gasteiger partial charge in [0.15, 0.2) is 0 Å². The van der Waals surface area contributed by atoms with Crippen molar-refractivity contribution in [3.63, 3.8) is 0 Å². The molecule has 0 heterocycles. The number of nitrogens with one attached hydrogen (secondary N) is 2. The van der Waals surface area contributed by atoms with Crippen molar-refractivity contribution >= 4 is 6.03 Å². The predicted molar refractivity (Wildman–Crippen MR) is 86.7 cm³/mol. The molecular weight excluding hydrogens is 276 g/mol. The zero-order chi connectivity index (χ0) is 15.4. The zero-order valence-corrected chi connectivity index (χ0v) is 13.1. The van der Waals surface area contributed by atoms with E-state index in [1.165, 1.54) is 5.56 Å². The lowest BCUT2D eigenvalue weighted by atomic mass is 9.87. The van der Waals surface area contributed by atoms with Crippen LogP contribution in [0.25, 0.3) is 0 Å². The quantitative estimate of drug-likeness (QED) is 0.783. The summed E-state index contributed by atoms with van der Waals surface area (Å²) in [6.45, 7) is 0.993. The lowest BCUT2D eigenvalue weighted by molar-refractivity contribution is 0.174. The molecule has 0 radical (unpaired) electrons. The van der Waals surface area contributed by atoms with E-state index in [4.69, 9.17) is 5.11 Å². The number of benzene rings is 1. The monoisotopic (exact) mass is 302 g/mol. The van der Waals surface area contributed by atoms with Gasteiger partial charge in [-0.25, -0.2) is 4.79 Å². The Balaban J connectivity index is 1.43. The summed E-state index contributed by atoms with van der Waals surface area (Å²) in [5.41, 5.74) is 1.49. The Kier molecular flexibility index (Phi) is 4.67. The number of aliphatic hydroxyl groups is 1. The van der Waals surface area contributed by atoms with Crippen molar-refractivity contribution in [2.45, 2.75) is 50.0 Å². The molecule has 2 aliphatic rings. The summed E-state index contributed by atoms with van der Waals surface area (Å²) in [4.78, 5) is 12.1. The molecule has 2 fully saturated rings. The molecule has 0 saturated heterocycles. The highest BCUT2D eigenvalue weighted by Gasteiger charge is 2.44. The van der Waals surface area contributed by atoms with E-state index in [2.05, 4.69) is 34.9 Å². The fourth-order valence-electron chi connectivity index (χ4n) is 3.49. The van der Waals surface area contributed by atoms with Crippen molar-refractivity contribution in [1.29, 1.82) is 0 Å². The van der Waals surface area contributed by atoms with Gasteiger partial charge in [-0.05, 0) is 50.0 Å². The summed E-state index contributed by atoms with van der Waals surface area (Å²) < 4.78 is 0. The molecule has 0 bridgehead atoms. The maximum atomic E-state index is 12.1. The molecule has 3 N–H and O–H groups in total. The van der Waals surface area contributed by atoms with E-state index in [0.717, 1.165) is 45.1 Å². The van der Waals surface area contributed by atoms with E-state index in [1.54, 1.807) is 0 Å². The molecule has 2 aliphatic carbocycles.